The molecule has 3 atom stereocenters. The predicted octanol–water partition coefficient (Wildman–Crippen LogP) is 4.17. The average Bonchev–Trinajstić information content (AvgIpc) is 2.02. The van der Waals surface area contributed by atoms with E-state index in [4.69, 9.17) is 0 Å². The molecular formula is C13H22. The highest BCUT2D eigenvalue weighted by Gasteiger charge is 2.40. The molecule has 2 aliphatic carbocycles. The largest absolute Gasteiger partial charge is 0.0794 e. The maximum Gasteiger partial charge on any atom is -0.0113 e. The van der Waals surface area contributed by atoms with Gasteiger partial charge in [0.05, 0.1) is 0 Å². The van der Waals surface area contributed by atoms with Crippen molar-refractivity contribution in [1.82, 2.24) is 0 Å². The second-order valence-electron chi connectivity index (χ2n) is 5.51. The summed E-state index contributed by atoms with van der Waals surface area (Å²) in [5.74, 6) is 1.94. The summed E-state index contributed by atoms with van der Waals surface area (Å²) >= 11 is 0. The molecule has 1 saturated carbocycles. The van der Waals surface area contributed by atoms with Crippen LogP contribution in [0.4, 0.5) is 0 Å². The van der Waals surface area contributed by atoms with Crippen LogP contribution in [0.5, 0.6) is 0 Å². The molecule has 1 fully saturated rings. The molecule has 0 bridgehead atoms. The minimum Gasteiger partial charge on any atom is -0.0794 e. The molecule has 0 aromatic rings. The Kier molecular flexibility index (Phi) is 2.25. The molecule has 0 saturated heterocycles. The lowest BCUT2D eigenvalue weighted by molar-refractivity contribution is 0.0937. The van der Waals surface area contributed by atoms with Gasteiger partial charge < -0.3 is 0 Å². The molecule has 74 valence electrons. The van der Waals surface area contributed by atoms with Crippen LogP contribution >= 0.6 is 0 Å². The molecule has 0 heteroatoms. The summed E-state index contributed by atoms with van der Waals surface area (Å²) in [7, 11) is 0. The van der Waals surface area contributed by atoms with Crippen molar-refractivity contribution in [3.05, 3.63) is 11.6 Å². The SMILES string of the molecule is CC1=C[C@@]2(C)CCC[C@H](C)[C@@H]2CC1. The first kappa shape index (κ1) is 9.30. The van der Waals surface area contributed by atoms with Gasteiger partial charge in [0.2, 0.25) is 0 Å². The monoisotopic (exact) mass is 178 g/mol. The van der Waals surface area contributed by atoms with Crippen LogP contribution in [-0.4, -0.2) is 0 Å². The Hall–Kier alpha value is -0.260. The highest BCUT2D eigenvalue weighted by atomic mass is 14.4. The van der Waals surface area contributed by atoms with Crippen LogP contribution in [0, 0.1) is 17.3 Å². The Morgan fingerprint density at radius 2 is 2.15 bits per heavy atom. The van der Waals surface area contributed by atoms with Crippen LogP contribution in [-0.2, 0) is 0 Å². The van der Waals surface area contributed by atoms with E-state index in [-0.39, 0.29) is 0 Å². The molecule has 0 nitrogen and oxygen atoms in total. The molecule has 13 heavy (non-hydrogen) atoms. The van der Waals surface area contributed by atoms with E-state index in [0.29, 0.717) is 5.41 Å². The van der Waals surface area contributed by atoms with Crippen LogP contribution in [0.3, 0.4) is 0 Å². The van der Waals surface area contributed by atoms with E-state index < -0.39 is 0 Å². The molecule has 0 aromatic heterocycles. The molecule has 2 aliphatic rings. The minimum absolute atomic E-state index is 0.556. The standard InChI is InChI=1S/C13H22/c1-10-6-7-12-11(2)5-4-8-13(12,3)9-10/h9,11-12H,4-8H2,1-3H3/t11-,12-,13+/m0/s1. The highest BCUT2D eigenvalue weighted by Crippen LogP contribution is 2.50. The van der Waals surface area contributed by atoms with Gasteiger partial charge in [-0.15, -0.1) is 0 Å². The molecule has 0 heterocycles. The molecular weight excluding hydrogens is 156 g/mol. The van der Waals surface area contributed by atoms with E-state index in [0.717, 1.165) is 11.8 Å². The zero-order valence-electron chi connectivity index (χ0n) is 9.27. The van der Waals surface area contributed by atoms with Crippen molar-refractivity contribution in [3.63, 3.8) is 0 Å². The second-order valence-corrected chi connectivity index (χ2v) is 5.51. The van der Waals surface area contributed by atoms with Gasteiger partial charge in [0.15, 0.2) is 0 Å². The normalized spacial score (nSPS) is 45.3. The summed E-state index contributed by atoms with van der Waals surface area (Å²) < 4.78 is 0. The third-order valence-corrected chi connectivity index (χ3v) is 4.33. The van der Waals surface area contributed by atoms with Crippen molar-refractivity contribution >= 4 is 0 Å². The Morgan fingerprint density at radius 1 is 1.38 bits per heavy atom. The van der Waals surface area contributed by atoms with Crippen LogP contribution in [0.2, 0.25) is 0 Å². The van der Waals surface area contributed by atoms with Crippen molar-refractivity contribution in [2.24, 2.45) is 17.3 Å². The third kappa shape index (κ3) is 1.56. The molecule has 0 spiro atoms. The zero-order chi connectivity index (χ0) is 9.47. The summed E-state index contributed by atoms with van der Waals surface area (Å²) in [5, 5.41) is 0. The van der Waals surface area contributed by atoms with E-state index in [2.05, 4.69) is 26.8 Å². The number of hydrogen-bond donors (Lipinski definition) is 0. The lowest BCUT2D eigenvalue weighted by Gasteiger charge is -2.46. The average molecular weight is 178 g/mol. The lowest BCUT2D eigenvalue weighted by atomic mass is 9.59. The van der Waals surface area contributed by atoms with E-state index >= 15 is 0 Å². The van der Waals surface area contributed by atoms with E-state index in [1.165, 1.54) is 32.1 Å². The van der Waals surface area contributed by atoms with Gasteiger partial charge in [-0.25, -0.2) is 0 Å². The molecule has 0 unspecified atom stereocenters. The molecule has 2 rings (SSSR count). The van der Waals surface area contributed by atoms with Gasteiger partial charge in [0, 0.05) is 0 Å². The van der Waals surface area contributed by atoms with Crippen molar-refractivity contribution in [2.75, 3.05) is 0 Å². The van der Waals surface area contributed by atoms with Gasteiger partial charge in [-0.05, 0) is 43.4 Å². The van der Waals surface area contributed by atoms with Crippen LogP contribution in [0.1, 0.15) is 52.9 Å². The number of fused-ring (bicyclic) bond motifs is 1. The summed E-state index contributed by atoms with van der Waals surface area (Å²) in [6, 6.07) is 0. The summed E-state index contributed by atoms with van der Waals surface area (Å²) in [6.45, 7) is 7.24. The quantitative estimate of drug-likeness (QED) is 0.488. The van der Waals surface area contributed by atoms with Gasteiger partial charge in [-0.2, -0.15) is 0 Å². The summed E-state index contributed by atoms with van der Waals surface area (Å²) in [6.07, 6.45) is 9.71. The molecule has 0 amide bonds. The van der Waals surface area contributed by atoms with Crippen LogP contribution in [0.25, 0.3) is 0 Å². The molecule has 0 radical (unpaired) electrons. The third-order valence-electron chi connectivity index (χ3n) is 4.33. The van der Waals surface area contributed by atoms with Crippen molar-refractivity contribution in [3.8, 4) is 0 Å². The summed E-state index contributed by atoms with van der Waals surface area (Å²) in [5.41, 5.74) is 2.19. The van der Waals surface area contributed by atoms with Gasteiger partial charge in [-0.3, -0.25) is 0 Å². The fraction of sp³-hybridized carbons (Fsp3) is 0.846. The van der Waals surface area contributed by atoms with Gasteiger partial charge >= 0.3 is 0 Å². The van der Waals surface area contributed by atoms with Crippen molar-refractivity contribution in [2.45, 2.75) is 52.9 Å². The Morgan fingerprint density at radius 3 is 2.92 bits per heavy atom. The smallest absolute Gasteiger partial charge is 0.0113 e. The molecule has 0 aromatic carbocycles. The van der Waals surface area contributed by atoms with E-state index in [1.54, 1.807) is 5.57 Å². The lowest BCUT2D eigenvalue weighted by Crippen LogP contribution is -2.36. The minimum atomic E-state index is 0.556. The highest BCUT2D eigenvalue weighted by molar-refractivity contribution is 5.14. The summed E-state index contributed by atoms with van der Waals surface area (Å²) in [4.78, 5) is 0. The zero-order valence-corrected chi connectivity index (χ0v) is 9.27. The Balaban J connectivity index is 2.26. The van der Waals surface area contributed by atoms with Gasteiger partial charge in [0.25, 0.3) is 0 Å². The van der Waals surface area contributed by atoms with E-state index in [9.17, 15) is 0 Å². The van der Waals surface area contributed by atoms with Crippen molar-refractivity contribution < 1.29 is 0 Å². The van der Waals surface area contributed by atoms with Crippen molar-refractivity contribution in [1.29, 1.82) is 0 Å². The van der Waals surface area contributed by atoms with Gasteiger partial charge in [-0.1, -0.05) is 38.3 Å². The predicted molar refractivity (Wildman–Crippen MR) is 57.6 cm³/mol. The first-order chi connectivity index (χ1) is 6.12. The first-order valence-corrected chi connectivity index (χ1v) is 5.80. The van der Waals surface area contributed by atoms with Gasteiger partial charge in [0.1, 0.15) is 0 Å². The maximum atomic E-state index is 2.58. The first-order valence-electron chi connectivity index (χ1n) is 5.80. The fourth-order valence-corrected chi connectivity index (χ4v) is 3.65. The second kappa shape index (κ2) is 3.15. The molecule has 0 aliphatic heterocycles. The van der Waals surface area contributed by atoms with Crippen LogP contribution < -0.4 is 0 Å². The number of allylic oxidation sites excluding steroid dienone is 2. The van der Waals surface area contributed by atoms with Crippen LogP contribution in [0.15, 0.2) is 11.6 Å². The molecule has 0 N–H and O–H groups in total. The Bertz CT molecular complexity index is 226. The maximum absolute atomic E-state index is 2.58. The fourth-order valence-electron chi connectivity index (χ4n) is 3.65. The van der Waals surface area contributed by atoms with E-state index in [1.807, 2.05) is 0 Å². The topological polar surface area (TPSA) is 0 Å². The number of rotatable bonds is 0. The Labute approximate surface area is 82.4 Å². The number of hydrogen-bond acceptors (Lipinski definition) is 0.